The SMILES string of the molecule is CCCCCCCCOC(=O)/C(C#N)=C/OP(CCCC)(CCCC)(CCCC)CCCC. The van der Waals surface area contributed by atoms with E-state index in [1.54, 1.807) is 0 Å². The summed E-state index contributed by atoms with van der Waals surface area (Å²) in [5.41, 5.74) is 0.0241. The molecule has 0 aliphatic heterocycles. The maximum absolute atomic E-state index is 12.6. The van der Waals surface area contributed by atoms with E-state index in [4.69, 9.17) is 9.26 Å². The van der Waals surface area contributed by atoms with Gasteiger partial charge < -0.3 is 0 Å². The average Bonchev–Trinajstić information content (AvgIpc) is 2.84. The first-order valence-electron chi connectivity index (χ1n) is 13.9. The molecule has 0 aliphatic carbocycles. The van der Waals surface area contributed by atoms with Gasteiger partial charge in [-0.1, -0.05) is 6.92 Å². The summed E-state index contributed by atoms with van der Waals surface area (Å²) in [7, 11) is 0. The molecule has 0 fully saturated rings. The molecule has 0 aliphatic rings. The molecular formula is C28H54NO3P. The molecule has 0 saturated heterocycles. The third-order valence-corrected chi connectivity index (χ3v) is 13.3. The quantitative estimate of drug-likeness (QED) is 0.0385. The monoisotopic (exact) mass is 483 g/mol. The van der Waals surface area contributed by atoms with Crippen molar-refractivity contribution in [3.05, 3.63) is 11.8 Å². The minimum atomic E-state index is -2.55. The van der Waals surface area contributed by atoms with Gasteiger partial charge in [0.05, 0.1) is 0 Å². The Morgan fingerprint density at radius 2 is 1.12 bits per heavy atom. The molecule has 0 aromatic carbocycles. The zero-order valence-electron chi connectivity index (χ0n) is 22.6. The van der Waals surface area contributed by atoms with Crippen molar-refractivity contribution in [1.82, 2.24) is 0 Å². The third-order valence-electron chi connectivity index (χ3n) is 6.85. The number of nitriles is 1. The molecule has 0 rings (SSSR count). The van der Waals surface area contributed by atoms with E-state index >= 15 is 0 Å². The predicted molar refractivity (Wildman–Crippen MR) is 145 cm³/mol. The molecule has 0 saturated carbocycles. The Bertz CT molecular complexity index is 539. The van der Waals surface area contributed by atoms with Gasteiger partial charge in [0.2, 0.25) is 0 Å². The predicted octanol–water partition coefficient (Wildman–Crippen LogP) is 8.98. The van der Waals surface area contributed by atoms with Gasteiger partial charge in [0.25, 0.3) is 0 Å². The first-order chi connectivity index (χ1) is 16.0. The van der Waals surface area contributed by atoms with Crippen LogP contribution < -0.4 is 0 Å². The molecule has 0 amide bonds. The van der Waals surface area contributed by atoms with Crippen LogP contribution in [0.2, 0.25) is 0 Å². The molecular weight excluding hydrogens is 429 g/mol. The van der Waals surface area contributed by atoms with E-state index in [-0.39, 0.29) is 5.57 Å². The van der Waals surface area contributed by atoms with Gasteiger partial charge in [-0.3, -0.25) is 0 Å². The van der Waals surface area contributed by atoms with Crippen molar-refractivity contribution in [2.24, 2.45) is 0 Å². The molecule has 0 heterocycles. The number of hydrogen-bond donors (Lipinski definition) is 0. The normalized spacial score (nSPS) is 13.2. The summed E-state index contributed by atoms with van der Waals surface area (Å²) in [6.07, 6.45) is 21.9. The Labute approximate surface area is 205 Å². The van der Waals surface area contributed by atoms with E-state index in [0.29, 0.717) is 6.61 Å². The summed E-state index contributed by atoms with van der Waals surface area (Å²) in [6, 6.07) is 2.07. The summed E-state index contributed by atoms with van der Waals surface area (Å²) in [5.74, 6) is -0.528. The summed E-state index contributed by atoms with van der Waals surface area (Å²) >= 11 is 0. The molecule has 0 aromatic heterocycles. The van der Waals surface area contributed by atoms with Gasteiger partial charge in [-0.15, -0.1) is 0 Å². The topological polar surface area (TPSA) is 59.3 Å². The van der Waals surface area contributed by atoms with Gasteiger partial charge in [0.1, 0.15) is 0 Å². The minimum absolute atomic E-state index is 0.0241. The van der Waals surface area contributed by atoms with Gasteiger partial charge in [0, 0.05) is 0 Å². The third kappa shape index (κ3) is 12.8. The summed E-state index contributed by atoms with van der Waals surface area (Å²) < 4.78 is 12.2. The number of unbranched alkanes of at least 4 members (excludes halogenated alkanes) is 9. The van der Waals surface area contributed by atoms with Crippen LogP contribution in [0.1, 0.15) is 125 Å². The zero-order valence-corrected chi connectivity index (χ0v) is 23.5. The van der Waals surface area contributed by atoms with Crippen molar-refractivity contribution in [3.8, 4) is 6.07 Å². The Morgan fingerprint density at radius 3 is 1.55 bits per heavy atom. The molecule has 0 N–H and O–H groups in total. The Hall–Kier alpha value is -1.07. The van der Waals surface area contributed by atoms with Crippen LogP contribution in [0, 0.1) is 11.3 Å². The number of esters is 1. The molecule has 0 radical (unpaired) electrons. The average molecular weight is 484 g/mol. The van der Waals surface area contributed by atoms with Crippen LogP contribution in [0.4, 0.5) is 0 Å². The van der Waals surface area contributed by atoms with Crippen molar-refractivity contribution in [1.29, 1.82) is 5.26 Å². The summed E-state index contributed by atoms with van der Waals surface area (Å²) in [6.45, 7) is 8.99. The molecule has 4 nitrogen and oxygen atoms in total. The van der Waals surface area contributed by atoms with Crippen molar-refractivity contribution < 1.29 is 14.1 Å². The standard InChI is InChI=1S/C28H54NO3P/c1-6-11-16-17-18-19-20-31-28(30)27(25-29)26-32-33(21-12-7-2,22-13-8-3,23-14-9-4)24-15-10-5/h26H,6-24H2,1-5H3/b27-26+. The number of ether oxygens (including phenoxy) is 1. The second-order valence-corrected chi connectivity index (χ2v) is 15.5. The Morgan fingerprint density at radius 1 is 0.697 bits per heavy atom. The van der Waals surface area contributed by atoms with E-state index < -0.39 is 12.8 Å². The van der Waals surface area contributed by atoms with Crippen LogP contribution in [0.5, 0.6) is 0 Å². The maximum atomic E-state index is 12.6. The summed E-state index contributed by atoms with van der Waals surface area (Å²) in [5, 5.41) is 9.70. The van der Waals surface area contributed by atoms with E-state index in [9.17, 15) is 10.1 Å². The molecule has 0 bridgehead atoms. The number of nitrogens with zero attached hydrogens (tertiary/aromatic N) is 1. The first kappa shape index (κ1) is 31.9. The van der Waals surface area contributed by atoms with Gasteiger partial charge in [-0.05, 0) is 0 Å². The fourth-order valence-corrected chi connectivity index (χ4v) is 11.2. The van der Waals surface area contributed by atoms with Crippen LogP contribution in [-0.4, -0.2) is 37.2 Å². The number of rotatable bonds is 22. The molecule has 0 atom stereocenters. The fraction of sp³-hybridized carbons (Fsp3) is 0.857. The van der Waals surface area contributed by atoms with Crippen LogP contribution in [-0.2, 0) is 14.1 Å². The second-order valence-electron chi connectivity index (χ2n) is 9.82. The van der Waals surface area contributed by atoms with Crippen molar-refractivity contribution in [3.63, 3.8) is 0 Å². The molecule has 33 heavy (non-hydrogen) atoms. The van der Waals surface area contributed by atoms with E-state index in [1.807, 2.05) is 0 Å². The van der Waals surface area contributed by atoms with Crippen molar-refractivity contribution in [2.45, 2.75) is 125 Å². The van der Waals surface area contributed by atoms with Gasteiger partial charge in [-0.25, -0.2) is 0 Å². The second kappa shape index (κ2) is 19.3. The van der Waals surface area contributed by atoms with Gasteiger partial charge in [-0.2, -0.15) is 0 Å². The molecule has 194 valence electrons. The Balaban J connectivity index is 5.51. The van der Waals surface area contributed by atoms with E-state index in [2.05, 4.69) is 40.7 Å². The molecule has 5 heteroatoms. The number of carbonyl (C=O) groups is 1. The molecule has 0 unspecified atom stereocenters. The number of carbonyl (C=O) groups excluding carboxylic acids is 1. The van der Waals surface area contributed by atoms with Crippen molar-refractivity contribution >= 4 is 12.8 Å². The molecule has 0 spiro atoms. The fourth-order valence-electron chi connectivity index (χ4n) is 4.56. The number of hydrogen-bond acceptors (Lipinski definition) is 4. The summed E-state index contributed by atoms with van der Waals surface area (Å²) in [4.78, 5) is 12.6. The van der Waals surface area contributed by atoms with Crippen LogP contribution in [0.3, 0.4) is 0 Å². The van der Waals surface area contributed by atoms with Gasteiger partial charge >= 0.3 is 199 Å². The van der Waals surface area contributed by atoms with Crippen LogP contribution in [0.15, 0.2) is 11.8 Å². The van der Waals surface area contributed by atoms with Crippen LogP contribution in [0.25, 0.3) is 0 Å². The van der Waals surface area contributed by atoms with E-state index in [1.165, 1.54) is 31.9 Å². The van der Waals surface area contributed by atoms with Crippen molar-refractivity contribution in [2.75, 3.05) is 31.3 Å². The van der Waals surface area contributed by atoms with E-state index in [0.717, 1.165) is 88.9 Å². The van der Waals surface area contributed by atoms with Gasteiger partial charge in [0.15, 0.2) is 0 Å². The van der Waals surface area contributed by atoms with Crippen LogP contribution >= 0.6 is 6.83 Å². The Kier molecular flexibility index (Phi) is 18.6. The zero-order chi connectivity index (χ0) is 24.9. The molecule has 0 aromatic rings. The first-order valence-corrected chi connectivity index (χ1v) is 16.8.